The molecule has 0 saturated heterocycles. The Morgan fingerprint density at radius 1 is 1.44 bits per heavy atom. The normalized spacial score (nSPS) is 13.7. The molecule has 0 aliphatic carbocycles. The van der Waals surface area contributed by atoms with E-state index in [0.717, 1.165) is 0 Å². The summed E-state index contributed by atoms with van der Waals surface area (Å²) in [7, 11) is 0. The summed E-state index contributed by atoms with van der Waals surface area (Å²) in [5.74, 6) is -1.35. The molecule has 1 atom stereocenters. The van der Waals surface area contributed by atoms with Gasteiger partial charge in [-0.15, -0.1) is 10.2 Å². The lowest BCUT2D eigenvalue weighted by Gasteiger charge is -2.25. The predicted molar refractivity (Wildman–Crippen MR) is 65.1 cm³/mol. The van der Waals surface area contributed by atoms with Gasteiger partial charge in [0.05, 0.1) is 0 Å². The minimum Gasteiger partial charge on any atom is -0.480 e. The van der Waals surface area contributed by atoms with Crippen molar-refractivity contribution in [3.63, 3.8) is 0 Å². The topological polar surface area (TPSA) is 118 Å². The van der Waals surface area contributed by atoms with Gasteiger partial charge in [-0.05, 0) is 25.5 Å². The van der Waals surface area contributed by atoms with Gasteiger partial charge in [-0.1, -0.05) is 13.3 Å². The van der Waals surface area contributed by atoms with E-state index >= 15 is 0 Å². The Labute approximate surface area is 104 Å². The van der Waals surface area contributed by atoms with E-state index in [4.69, 9.17) is 5.73 Å². The molecule has 0 bridgehead atoms. The molecule has 0 aliphatic rings. The van der Waals surface area contributed by atoms with Crippen LogP contribution in [0.5, 0.6) is 0 Å². The average Bonchev–Trinajstić information content (AvgIpc) is 2.29. The van der Waals surface area contributed by atoms with Crippen molar-refractivity contribution < 1.29 is 14.7 Å². The summed E-state index contributed by atoms with van der Waals surface area (Å²) >= 11 is 0. The van der Waals surface area contributed by atoms with Crippen LogP contribution in [0.3, 0.4) is 0 Å². The summed E-state index contributed by atoms with van der Waals surface area (Å²) in [5.41, 5.74) is 3.95. The maximum Gasteiger partial charge on any atom is 0.329 e. The number of carbonyl (C=O) groups is 2. The Morgan fingerprint density at radius 3 is 2.50 bits per heavy atom. The van der Waals surface area contributed by atoms with Crippen molar-refractivity contribution in [1.29, 1.82) is 0 Å². The molecule has 1 amide bonds. The van der Waals surface area contributed by atoms with Crippen LogP contribution in [-0.2, 0) is 4.79 Å². The molecule has 0 saturated carbocycles. The Bertz CT molecular complexity index is 446. The monoisotopic (exact) mass is 252 g/mol. The number of rotatable bonds is 6. The standard InChI is InChI=1S/C11H16N4O3/c1-3-6-11(2,10(17)18)13-8-5-4-7(9(12)16)14-15-8/h4-5H,3,6H2,1-2H3,(H2,12,16)(H,13,15)(H,17,18). The van der Waals surface area contributed by atoms with Gasteiger partial charge in [0.25, 0.3) is 5.91 Å². The lowest BCUT2D eigenvalue weighted by molar-refractivity contribution is -0.142. The molecule has 0 aromatic carbocycles. The first-order valence-electron chi connectivity index (χ1n) is 5.54. The summed E-state index contributed by atoms with van der Waals surface area (Å²) in [6.07, 6.45) is 1.16. The maximum atomic E-state index is 11.2. The fourth-order valence-corrected chi connectivity index (χ4v) is 1.54. The second kappa shape index (κ2) is 5.44. The largest absolute Gasteiger partial charge is 0.480 e. The van der Waals surface area contributed by atoms with Crippen molar-refractivity contribution in [3.05, 3.63) is 17.8 Å². The van der Waals surface area contributed by atoms with E-state index in [0.29, 0.717) is 18.7 Å². The second-order valence-corrected chi connectivity index (χ2v) is 4.18. The van der Waals surface area contributed by atoms with Crippen LogP contribution in [0.1, 0.15) is 37.2 Å². The SMILES string of the molecule is CCCC(C)(Nc1ccc(C(N)=O)nn1)C(=O)O. The Kier molecular flexibility index (Phi) is 4.19. The van der Waals surface area contributed by atoms with E-state index in [2.05, 4.69) is 15.5 Å². The van der Waals surface area contributed by atoms with Crippen LogP contribution >= 0.6 is 0 Å². The van der Waals surface area contributed by atoms with Gasteiger partial charge in [-0.25, -0.2) is 4.79 Å². The zero-order valence-corrected chi connectivity index (χ0v) is 10.3. The number of carboxylic acid groups (broad SMARTS) is 1. The highest BCUT2D eigenvalue weighted by molar-refractivity contribution is 5.90. The van der Waals surface area contributed by atoms with E-state index in [-0.39, 0.29) is 5.69 Å². The number of anilines is 1. The van der Waals surface area contributed by atoms with Gasteiger partial charge in [0.15, 0.2) is 5.69 Å². The molecule has 7 heteroatoms. The highest BCUT2D eigenvalue weighted by Gasteiger charge is 2.32. The van der Waals surface area contributed by atoms with Gasteiger partial charge in [0.1, 0.15) is 11.4 Å². The fourth-order valence-electron chi connectivity index (χ4n) is 1.54. The Balaban J connectivity index is 2.88. The zero-order chi connectivity index (χ0) is 13.8. The number of carbonyl (C=O) groups excluding carboxylic acids is 1. The highest BCUT2D eigenvalue weighted by atomic mass is 16.4. The first-order valence-corrected chi connectivity index (χ1v) is 5.54. The van der Waals surface area contributed by atoms with Crippen molar-refractivity contribution >= 4 is 17.7 Å². The van der Waals surface area contributed by atoms with E-state index in [1.807, 2.05) is 6.92 Å². The Morgan fingerprint density at radius 2 is 2.11 bits per heavy atom. The molecular weight excluding hydrogens is 236 g/mol. The molecule has 0 aliphatic heterocycles. The molecule has 0 spiro atoms. The van der Waals surface area contributed by atoms with E-state index in [1.54, 1.807) is 6.92 Å². The minimum absolute atomic E-state index is 0.0352. The van der Waals surface area contributed by atoms with Crippen molar-refractivity contribution in [3.8, 4) is 0 Å². The molecule has 1 rings (SSSR count). The van der Waals surface area contributed by atoms with Crippen molar-refractivity contribution in [2.75, 3.05) is 5.32 Å². The van der Waals surface area contributed by atoms with Crippen LogP contribution in [0, 0.1) is 0 Å². The van der Waals surface area contributed by atoms with Gasteiger partial charge in [0, 0.05) is 0 Å². The number of amides is 1. The van der Waals surface area contributed by atoms with Crippen LogP contribution in [0.15, 0.2) is 12.1 Å². The first kappa shape index (κ1) is 13.9. The predicted octanol–water partition coefficient (Wildman–Crippen LogP) is 0.631. The van der Waals surface area contributed by atoms with E-state index in [1.165, 1.54) is 12.1 Å². The zero-order valence-electron chi connectivity index (χ0n) is 10.3. The number of primary amides is 1. The third-order valence-electron chi connectivity index (χ3n) is 2.54. The summed E-state index contributed by atoms with van der Waals surface area (Å²) in [5, 5.41) is 19.3. The van der Waals surface area contributed by atoms with Gasteiger partial charge in [-0.2, -0.15) is 0 Å². The molecule has 0 radical (unpaired) electrons. The van der Waals surface area contributed by atoms with E-state index in [9.17, 15) is 14.7 Å². The molecular formula is C11H16N4O3. The number of hydrogen-bond acceptors (Lipinski definition) is 5. The number of nitrogens with one attached hydrogen (secondary N) is 1. The van der Waals surface area contributed by atoms with Gasteiger partial charge >= 0.3 is 5.97 Å². The number of aliphatic carboxylic acids is 1. The number of nitrogens with zero attached hydrogens (tertiary/aromatic N) is 2. The summed E-state index contributed by atoms with van der Waals surface area (Å²) in [6, 6.07) is 2.87. The number of nitrogens with two attached hydrogens (primary N) is 1. The molecule has 0 fully saturated rings. The summed E-state index contributed by atoms with van der Waals surface area (Å²) < 4.78 is 0. The number of carboxylic acids is 1. The third-order valence-corrected chi connectivity index (χ3v) is 2.54. The molecule has 1 aromatic rings. The lowest BCUT2D eigenvalue weighted by Crippen LogP contribution is -2.43. The summed E-state index contributed by atoms with van der Waals surface area (Å²) in [4.78, 5) is 22.0. The maximum absolute atomic E-state index is 11.2. The van der Waals surface area contributed by atoms with Crippen LogP contribution in [0.25, 0.3) is 0 Å². The highest BCUT2D eigenvalue weighted by Crippen LogP contribution is 2.18. The quantitative estimate of drug-likeness (QED) is 0.683. The smallest absolute Gasteiger partial charge is 0.329 e. The van der Waals surface area contributed by atoms with Crippen molar-refractivity contribution in [1.82, 2.24) is 10.2 Å². The average molecular weight is 252 g/mol. The Hall–Kier alpha value is -2.18. The van der Waals surface area contributed by atoms with Gasteiger partial charge in [0.2, 0.25) is 0 Å². The fraction of sp³-hybridized carbons (Fsp3) is 0.455. The van der Waals surface area contributed by atoms with Gasteiger partial charge in [-0.3, -0.25) is 4.79 Å². The van der Waals surface area contributed by atoms with Crippen LogP contribution in [0.2, 0.25) is 0 Å². The lowest BCUT2D eigenvalue weighted by atomic mass is 9.96. The second-order valence-electron chi connectivity index (χ2n) is 4.18. The molecule has 1 unspecified atom stereocenters. The number of hydrogen-bond donors (Lipinski definition) is 3. The number of aromatic nitrogens is 2. The van der Waals surface area contributed by atoms with Crippen LogP contribution in [0.4, 0.5) is 5.82 Å². The van der Waals surface area contributed by atoms with E-state index < -0.39 is 17.4 Å². The molecule has 1 aromatic heterocycles. The van der Waals surface area contributed by atoms with Crippen LogP contribution < -0.4 is 11.1 Å². The first-order chi connectivity index (χ1) is 8.39. The molecule has 18 heavy (non-hydrogen) atoms. The third kappa shape index (κ3) is 3.16. The molecule has 1 heterocycles. The van der Waals surface area contributed by atoms with Crippen molar-refractivity contribution in [2.45, 2.75) is 32.2 Å². The summed E-state index contributed by atoms with van der Waals surface area (Å²) in [6.45, 7) is 3.47. The van der Waals surface area contributed by atoms with Gasteiger partial charge < -0.3 is 16.2 Å². The van der Waals surface area contributed by atoms with Crippen molar-refractivity contribution in [2.24, 2.45) is 5.73 Å². The molecule has 7 nitrogen and oxygen atoms in total. The molecule has 98 valence electrons. The minimum atomic E-state index is -1.11. The molecule has 4 N–H and O–H groups in total. The van der Waals surface area contributed by atoms with Crippen LogP contribution in [-0.4, -0.2) is 32.7 Å².